The summed E-state index contributed by atoms with van der Waals surface area (Å²) < 4.78 is 34.4. The van der Waals surface area contributed by atoms with Crippen LogP contribution in [0.25, 0.3) is 11.0 Å². The largest absolute Gasteiger partial charge is 0.590 e. The standard InChI is InChI=1S/C21H21BFN2O3S/c1-22-16-8-9-17(23)15(11-16)13-24-21(26)18-6-4-10-25(18)29(27)20-12-14-5-2-3-7-19(14)28-20/h2-3,5,7-9,11-12,18H,4,6,10,13H2,1H3,(H,24,26). The molecule has 2 unspecified atom stereocenters. The zero-order valence-corrected chi connectivity index (χ0v) is 16.9. The summed E-state index contributed by atoms with van der Waals surface area (Å²) in [6, 6.07) is 13.5. The molecule has 149 valence electrons. The Bertz CT molecular complexity index is 995. The van der Waals surface area contributed by atoms with Gasteiger partial charge >= 0.3 is 5.09 Å². The van der Waals surface area contributed by atoms with Gasteiger partial charge in [0.1, 0.15) is 36.1 Å². The highest BCUT2D eigenvalue weighted by atomic mass is 32.2. The minimum atomic E-state index is -1.57. The Labute approximate surface area is 172 Å². The molecule has 0 saturated carbocycles. The van der Waals surface area contributed by atoms with Crippen LogP contribution in [0.15, 0.2) is 58.0 Å². The van der Waals surface area contributed by atoms with E-state index in [9.17, 15) is 13.7 Å². The van der Waals surface area contributed by atoms with Crippen molar-refractivity contribution in [2.45, 2.75) is 37.3 Å². The number of para-hydroxylation sites is 1. The summed E-state index contributed by atoms with van der Waals surface area (Å²) in [6.45, 7) is 2.50. The molecule has 1 N–H and O–H groups in total. The molecule has 0 bridgehead atoms. The van der Waals surface area contributed by atoms with Crippen LogP contribution in [0.4, 0.5) is 4.39 Å². The molecule has 1 aliphatic heterocycles. The van der Waals surface area contributed by atoms with Gasteiger partial charge in [0.25, 0.3) is 0 Å². The number of halogens is 1. The van der Waals surface area contributed by atoms with Gasteiger partial charge in [0, 0.05) is 30.1 Å². The lowest BCUT2D eigenvalue weighted by molar-refractivity contribution is -0.124. The van der Waals surface area contributed by atoms with Crippen LogP contribution in [0, 0.1) is 5.82 Å². The molecule has 1 fully saturated rings. The second-order valence-electron chi connectivity index (χ2n) is 7.01. The lowest BCUT2D eigenvalue weighted by Gasteiger charge is -2.23. The van der Waals surface area contributed by atoms with E-state index in [1.807, 2.05) is 38.4 Å². The molecule has 1 aliphatic rings. The van der Waals surface area contributed by atoms with Crippen LogP contribution in [0.1, 0.15) is 18.4 Å². The lowest BCUT2D eigenvalue weighted by atomic mass is 9.73. The maximum absolute atomic E-state index is 14.0. The molecule has 1 saturated heterocycles. The van der Waals surface area contributed by atoms with Crippen molar-refractivity contribution in [1.29, 1.82) is 0 Å². The summed E-state index contributed by atoms with van der Waals surface area (Å²) in [4.78, 5) is 12.8. The van der Waals surface area contributed by atoms with Gasteiger partial charge in [-0.15, -0.1) is 4.31 Å². The number of hydrogen-bond donors (Lipinski definition) is 1. The first-order valence-corrected chi connectivity index (χ1v) is 10.7. The van der Waals surface area contributed by atoms with Gasteiger partial charge in [0.05, 0.1) is 0 Å². The Kier molecular flexibility index (Phi) is 5.94. The monoisotopic (exact) mass is 411 g/mol. The molecule has 1 aromatic heterocycles. The summed E-state index contributed by atoms with van der Waals surface area (Å²) in [5.74, 6) is -0.609. The van der Waals surface area contributed by atoms with Crippen LogP contribution in [-0.4, -0.2) is 34.6 Å². The molecule has 2 atom stereocenters. The first kappa shape index (κ1) is 20.0. The van der Waals surface area contributed by atoms with E-state index < -0.39 is 17.4 Å². The minimum absolute atomic E-state index is 0.0912. The van der Waals surface area contributed by atoms with E-state index in [1.54, 1.807) is 22.5 Å². The maximum Gasteiger partial charge on any atom is 0.333 e. The zero-order valence-electron chi connectivity index (χ0n) is 16.1. The molecule has 2 aromatic carbocycles. The summed E-state index contributed by atoms with van der Waals surface area (Å²) in [5, 5.41) is 4.01. The maximum atomic E-state index is 14.0. The fourth-order valence-corrected chi connectivity index (χ4v) is 4.92. The van der Waals surface area contributed by atoms with E-state index in [0.717, 1.165) is 17.3 Å². The molecule has 29 heavy (non-hydrogen) atoms. The highest BCUT2D eigenvalue weighted by molar-refractivity contribution is 7.89. The normalized spacial score (nSPS) is 18.1. The van der Waals surface area contributed by atoms with Crippen LogP contribution < -0.4 is 10.8 Å². The van der Waals surface area contributed by atoms with Crippen molar-refractivity contribution in [2.75, 3.05) is 6.54 Å². The Balaban J connectivity index is 1.45. The Morgan fingerprint density at radius 1 is 1.34 bits per heavy atom. The smallest absolute Gasteiger partial charge is 0.333 e. The highest BCUT2D eigenvalue weighted by Gasteiger charge is 2.41. The number of rotatable bonds is 6. The topological polar surface area (TPSA) is 68.5 Å². The van der Waals surface area contributed by atoms with Crippen LogP contribution >= 0.6 is 0 Å². The van der Waals surface area contributed by atoms with Crippen molar-refractivity contribution >= 4 is 41.0 Å². The third-order valence-corrected chi connectivity index (χ3v) is 6.56. The Hall–Kier alpha value is -2.29. The van der Waals surface area contributed by atoms with Gasteiger partial charge in [0.2, 0.25) is 5.91 Å². The number of carbonyl (C=O) groups excluding carboxylic acids is 1. The van der Waals surface area contributed by atoms with Gasteiger partial charge in [-0.3, -0.25) is 4.79 Å². The number of nitrogens with one attached hydrogen (secondary N) is 1. The predicted octanol–water partition coefficient (Wildman–Crippen LogP) is 2.75. The van der Waals surface area contributed by atoms with Crippen LogP contribution in [0.2, 0.25) is 6.82 Å². The van der Waals surface area contributed by atoms with Crippen LogP contribution in [0.5, 0.6) is 0 Å². The van der Waals surface area contributed by atoms with E-state index in [-0.39, 0.29) is 18.3 Å². The van der Waals surface area contributed by atoms with E-state index in [4.69, 9.17) is 4.42 Å². The molecule has 8 heteroatoms. The minimum Gasteiger partial charge on any atom is -0.590 e. The van der Waals surface area contributed by atoms with E-state index in [1.165, 1.54) is 6.07 Å². The number of nitrogens with zero attached hydrogens (tertiary/aromatic N) is 1. The van der Waals surface area contributed by atoms with Gasteiger partial charge in [-0.05, 0) is 25.0 Å². The van der Waals surface area contributed by atoms with Crippen LogP contribution in [-0.2, 0) is 22.7 Å². The molecule has 2 heterocycles. The Morgan fingerprint density at radius 3 is 2.97 bits per heavy atom. The molecular weight excluding hydrogens is 390 g/mol. The van der Waals surface area contributed by atoms with Crippen molar-refractivity contribution in [1.82, 2.24) is 9.62 Å². The predicted molar refractivity (Wildman–Crippen MR) is 112 cm³/mol. The Morgan fingerprint density at radius 2 is 2.17 bits per heavy atom. The number of amides is 1. The lowest BCUT2D eigenvalue weighted by Crippen LogP contribution is -2.45. The van der Waals surface area contributed by atoms with Crippen molar-refractivity contribution in [3.8, 4) is 0 Å². The van der Waals surface area contributed by atoms with Crippen LogP contribution in [0.3, 0.4) is 0 Å². The molecule has 0 spiro atoms. The van der Waals surface area contributed by atoms with Gasteiger partial charge < -0.3 is 14.3 Å². The molecule has 3 aromatic rings. The molecular formula is C21H21BFN2O3S. The summed E-state index contributed by atoms with van der Waals surface area (Å²) >= 11 is -1.57. The van der Waals surface area contributed by atoms with Gasteiger partial charge in [-0.1, -0.05) is 42.6 Å². The first-order chi connectivity index (χ1) is 14.1. The SMILES string of the molecule is C[B]c1ccc(F)c(CNC(=O)C2CCCN2[S+]([O-])c2cc3ccccc3o2)c1. The van der Waals surface area contributed by atoms with Crippen molar-refractivity contribution in [3.63, 3.8) is 0 Å². The van der Waals surface area contributed by atoms with Crippen molar-refractivity contribution in [2.24, 2.45) is 0 Å². The molecule has 4 rings (SSSR count). The second-order valence-corrected chi connectivity index (χ2v) is 8.38. The average molecular weight is 411 g/mol. The van der Waals surface area contributed by atoms with Gasteiger partial charge in [-0.2, -0.15) is 0 Å². The first-order valence-electron chi connectivity index (χ1n) is 9.59. The molecule has 5 nitrogen and oxygen atoms in total. The molecule has 1 radical (unpaired) electrons. The molecule has 1 amide bonds. The third-order valence-electron chi connectivity index (χ3n) is 5.15. The number of benzene rings is 2. The van der Waals surface area contributed by atoms with Crippen molar-refractivity contribution < 1.29 is 18.2 Å². The summed E-state index contributed by atoms with van der Waals surface area (Å²) in [7, 11) is 1.87. The molecule has 0 aliphatic carbocycles. The summed E-state index contributed by atoms with van der Waals surface area (Å²) in [6.07, 6.45) is 1.36. The van der Waals surface area contributed by atoms with E-state index >= 15 is 0 Å². The number of fused-ring (bicyclic) bond motifs is 1. The zero-order chi connectivity index (χ0) is 20.4. The number of carbonyl (C=O) groups is 1. The van der Waals surface area contributed by atoms with E-state index in [2.05, 4.69) is 5.32 Å². The number of furan rings is 1. The number of hydrogen-bond acceptors (Lipinski definition) is 4. The third kappa shape index (κ3) is 4.20. The van der Waals surface area contributed by atoms with E-state index in [0.29, 0.717) is 29.2 Å². The van der Waals surface area contributed by atoms with Gasteiger partial charge in [-0.25, -0.2) is 4.39 Å². The van der Waals surface area contributed by atoms with Crippen molar-refractivity contribution in [3.05, 3.63) is 59.9 Å². The fraction of sp³-hybridized carbons (Fsp3) is 0.286. The summed E-state index contributed by atoms with van der Waals surface area (Å²) in [5.41, 5.74) is 1.99. The second kappa shape index (κ2) is 8.61. The quantitative estimate of drug-likeness (QED) is 0.501. The highest BCUT2D eigenvalue weighted by Crippen LogP contribution is 2.30. The van der Waals surface area contributed by atoms with Gasteiger partial charge in [0.15, 0.2) is 0 Å². The average Bonchev–Trinajstić information content (AvgIpc) is 3.39. The fourth-order valence-electron chi connectivity index (χ4n) is 3.57.